The Balaban J connectivity index is 1.89. The van der Waals surface area contributed by atoms with Crippen molar-refractivity contribution in [3.63, 3.8) is 0 Å². The van der Waals surface area contributed by atoms with Gasteiger partial charge in [-0.2, -0.15) is 0 Å². The summed E-state index contributed by atoms with van der Waals surface area (Å²) < 4.78 is 0. The second kappa shape index (κ2) is 5.37. The highest BCUT2D eigenvalue weighted by Gasteiger charge is 2.08. The molecule has 0 N–H and O–H groups in total. The van der Waals surface area contributed by atoms with Crippen molar-refractivity contribution in [3.8, 4) is 22.8 Å². The summed E-state index contributed by atoms with van der Waals surface area (Å²) in [6.45, 7) is 0. The van der Waals surface area contributed by atoms with E-state index in [1.807, 2.05) is 60.8 Å². The molecule has 0 aliphatic rings. The molecule has 4 rings (SSSR count). The van der Waals surface area contributed by atoms with Crippen LogP contribution in [0.5, 0.6) is 0 Å². The summed E-state index contributed by atoms with van der Waals surface area (Å²) in [5.41, 5.74) is 3.48. The molecule has 1 aromatic carbocycles. The van der Waals surface area contributed by atoms with Crippen LogP contribution in [-0.2, 0) is 0 Å². The molecule has 0 saturated heterocycles. The van der Waals surface area contributed by atoms with E-state index in [0.717, 1.165) is 33.5 Å². The first-order chi connectivity index (χ1) is 10.9. The first-order valence-corrected chi connectivity index (χ1v) is 7.14. The maximum atomic E-state index is 4.74. The molecule has 3 heterocycles. The lowest BCUT2D eigenvalue weighted by atomic mass is 10.1. The number of rotatable bonds is 2. The summed E-state index contributed by atoms with van der Waals surface area (Å²) in [4.78, 5) is 13.6. The SMILES string of the molecule is c1ccc(-c2cccc(-c3nccc4ccccc34)n2)nc1. The summed E-state index contributed by atoms with van der Waals surface area (Å²) in [5.74, 6) is 0. The van der Waals surface area contributed by atoms with Gasteiger partial charge in [0.2, 0.25) is 0 Å². The average molecular weight is 283 g/mol. The summed E-state index contributed by atoms with van der Waals surface area (Å²) in [6, 6.07) is 22.0. The van der Waals surface area contributed by atoms with Gasteiger partial charge in [0, 0.05) is 17.8 Å². The van der Waals surface area contributed by atoms with E-state index in [9.17, 15) is 0 Å². The zero-order valence-corrected chi connectivity index (χ0v) is 11.8. The van der Waals surface area contributed by atoms with Crippen LogP contribution in [0.4, 0.5) is 0 Å². The van der Waals surface area contributed by atoms with Crippen molar-refractivity contribution < 1.29 is 0 Å². The fourth-order valence-electron chi connectivity index (χ4n) is 2.55. The van der Waals surface area contributed by atoms with Crippen LogP contribution >= 0.6 is 0 Å². The fraction of sp³-hybridized carbons (Fsp3) is 0. The zero-order chi connectivity index (χ0) is 14.8. The van der Waals surface area contributed by atoms with Gasteiger partial charge in [0.05, 0.1) is 22.8 Å². The molecule has 0 amide bonds. The van der Waals surface area contributed by atoms with Crippen molar-refractivity contribution >= 4 is 10.8 Å². The molecule has 0 saturated carbocycles. The number of nitrogens with zero attached hydrogens (tertiary/aromatic N) is 3. The summed E-state index contributed by atoms with van der Waals surface area (Å²) in [7, 11) is 0. The molecule has 0 aliphatic heterocycles. The van der Waals surface area contributed by atoms with Crippen molar-refractivity contribution in [2.45, 2.75) is 0 Å². The van der Waals surface area contributed by atoms with Crippen molar-refractivity contribution in [1.82, 2.24) is 15.0 Å². The van der Waals surface area contributed by atoms with Gasteiger partial charge in [0.15, 0.2) is 0 Å². The van der Waals surface area contributed by atoms with Crippen molar-refractivity contribution in [2.24, 2.45) is 0 Å². The molecule has 0 radical (unpaired) electrons. The van der Waals surface area contributed by atoms with E-state index < -0.39 is 0 Å². The number of benzene rings is 1. The number of hydrogen-bond donors (Lipinski definition) is 0. The molecular weight excluding hydrogens is 270 g/mol. The molecule has 3 heteroatoms. The van der Waals surface area contributed by atoms with Crippen LogP contribution in [0.1, 0.15) is 0 Å². The minimum absolute atomic E-state index is 0.854. The first-order valence-electron chi connectivity index (χ1n) is 7.14. The van der Waals surface area contributed by atoms with E-state index >= 15 is 0 Å². The van der Waals surface area contributed by atoms with Gasteiger partial charge in [-0.05, 0) is 35.7 Å². The van der Waals surface area contributed by atoms with E-state index in [2.05, 4.69) is 22.1 Å². The molecule has 104 valence electrons. The Labute approximate surface area is 128 Å². The normalized spacial score (nSPS) is 10.7. The smallest absolute Gasteiger partial charge is 0.0964 e. The summed E-state index contributed by atoms with van der Waals surface area (Å²) >= 11 is 0. The van der Waals surface area contributed by atoms with E-state index in [1.165, 1.54) is 0 Å². The first kappa shape index (κ1) is 12.7. The van der Waals surface area contributed by atoms with Gasteiger partial charge >= 0.3 is 0 Å². The van der Waals surface area contributed by atoms with Crippen LogP contribution in [0.3, 0.4) is 0 Å². The van der Waals surface area contributed by atoms with Crippen LogP contribution < -0.4 is 0 Å². The van der Waals surface area contributed by atoms with Crippen molar-refractivity contribution in [2.75, 3.05) is 0 Å². The molecule has 0 fully saturated rings. The third-order valence-corrected chi connectivity index (χ3v) is 3.59. The highest BCUT2D eigenvalue weighted by atomic mass is 14.8. The maximum Gasteiger partial charge on any atom is 0.0964 e. The van der Waals surface area contributed by atoms with E-state index in [-0.39, 0.29) is 0 Å². The number of hydrogen-bond acceptors (Lipinski definition) is 3. The Morgan fingerprint density at radius 2 is 1.36 bits per heavy atom. The van der Waals surface area contributed by atoms with Gasteiger partial charge in [-0.15, -0.1) is 0 Å². The lowest BCUT2D eigenvalue weighted by molar-refractivity contribution is 1.23. The van der Waals surface area contributed by atoms with E-state index in [1.54, 1.807) is 6.20 Å². The van der Waals surface area contributed by atoms with Gasteiger partial charge in [0.1, 0.15) is 0 Å². The van der Waals surface area contributed by atoms with Gasteiger partial charge in [-0.25, -0.2) is 4.98 Å². The maximum absolute atomic E-state index is 4.74. The minimum Gasteiger partial charge on any atom is -0.255 e. The largest absolute Gasteiger partial charge is 0.255 e. The van der Waals surface area contributed by atoms with Gasteiger partial charge in [-0.1, -0.05) is 36.4 Å². The molecule has 4 aromatic rings. The number of pyridine rings is 3. The second-order valence-electron chi connectivity index (χ2n) is 5.00. The fourth-order valence-corrected chi connectivity index (χ4v) is 2.55. The standard InChI is InChI=1S/C19H13N3/c1-2-7-15-14(6-1)11-13-21-19(15)18-10-5-9-17(22-18)16-8-3-4-12-20-16/h1-13H. The molecule has 0 atom stereocenters. The molecular formula is C19H13N3. The third-order valence-electron chi connectivity index (χ3n) is 3.59. The topological polar surface area (TPSA) is 38.7 Å². The molecule has 0 spiro atoms. The van der Waals surface area contributed by atoms with Gasteiger partial charge in [0.25, 0.3) is 0 Å². The van der Waals surface area contributed by atoms with Crippen LogP contribution in [-0.4, -0.2) is 15.0 Å². The van der Waals surface area contributed by atoms with Crippen LogP contribution in [0, 0.1) is 0 Å². The predicted octanol–water partition coefficient (Wildman–Crippen LogP) is 4.36. The van der Waals surface area contributed by atoms with Gasteiger partial charge < -0.3 is 0 Å². The Morgan fingerprint density at radius 3 is 2.27 bits per heavy atom. The van der Waals surface area contributed by atoms with Gasteiger partial charge in [-0.3, -0.25) is 9.97 Å². The van der Waals surface area contributed by atoms with Crippen LogP contribution in [0.2, 0.25) is 0 Å². The highest BCUT2D eigenvalue weighted by molar-refractivity contribution is 5.93. The molecule has 3 nitrogen and oxygen atoms in total. The molecule has 0 bridgehead atoms. The molecule has 0 aliphatic carbocycles. The molecule has 3 aromatic heterocycles. The minimum atomic E-state index is 0.854. The molecule has 22 heavy (non-hydrogen) atoms. The number of fused-ring (bicyclic) bond motifs is 1. The Bertz CT molecular complexity index is 928. The predicted molar refractivity (Wildman–Crippen MR) is 88.2 cm³/mol. The Morgan fingerprint density at radius 1 is 0.545 bits per heavy atom. The molecule has 0 unspecified atom stereocenters. The van der Waals surface area contributed by atoms with Crippen LogP contribution in [0.15, 0.2) is 79.1 Å². The van der Waals surface area contributed by atoms with E-state index in [0.29, 0.717) is 0 Å². The third kappa shape index (κ3) is 2.23. The second-order valence-corrected chi connectivity index (χ2v) is 5.00. The summed E-state index contributed by atoms with van der Waals surface area (Å²) in [6.07, 6.45) is 3.60. The van der Waals surface area contributed by atoms with E-state index in [4.69, 9.17) is 4.98 Å². The number of aromatic nitrogens is 3. The average Bonchev–Trinajstić information content (AvgIpc) is 2.62. The van der Waals surface area contributed by atoms with Crippen molar-refractivity contribution in [1.29, 1.82) is 0 Å². The Kier molecular flexibility index (Phi) is 3.09. The lowest BCUT2D eigenvalue weighted by Crippen LogP contribution is -1.92. The monoisotopic (exact) mass is 283 g/mol. The van der Waals surface area contributed by atoms with Crippen LogP contribution in [0.25, 0.3) is 33.5 Å². The Hall–Kier alpha value is -3.07. The summed E-state index contributed by atoms with van der Waals surface area (Å²) in [5, 5.41) is 2.27. The zero-order valence-electron chi connectivity index (χ0n) is 11.8. The quantitative estimate of drug-likeness (QED) is 0.548. The highest BCUT2D eigenvalue weighted by Crippen LogP contribution is 2.26. The lowest BCUT2D eigenvalue weighted by Gasteiger charge is -2.07. The van der Waals surface area contributed by atoms with Crippen molar-refractivity contribution in [3.05, 3.63) is 79.1 Å².